The van der Waals surface area contributed by atoms with Crippen molar-refractivity contribution >= 4 is 39.3 Å². The maximum absolute atomic E-state index is 6.14. The molecule has 0 saturated carbocycles. The van der Waals surface area contributed by atoms with E-state index in [4.69, 9.17) is 5.73 Å². The second-order valence-corrected chi connectivity index (χ2v) is 7.63. The summed E-state index contributed by atoms with van der Waals surface area (Å²) in [4.78, 5) is 9.02. The minimum Gasteiger partial charge on any atom is -0.383 e. The Bertz CT molecular complexity index is 932. The second-order valence-electron chi connectivity index (χ2n) is 6.68. The van der Waals surface area contributed by atoms with E-state index in [2.05, 4.69) is 41.3 Å². The van der Waals surface area contributed by atoms with Crippen molar-refractivity contribution in [3.63, 3.8) is 0 Å². The van der Waals surface area contributed by atoms with E-state index in [1.165, 1.54) is 35.8 Å². The molecule has 3 aromatic rings. The lowest BCUT2D eigenvalue weighted by molar-refractivity contribution is 0.471. The Morgan fingerprint density at radius 2 is 2.00 bits per heavy atom. The molecular formula is C25H35N3S. The molecule has 156 valence electrons. The molecule has 1 aliphatic carbocycles. The van der Waals surface area contributed by atoms with Crippen molar-refractivity contribution in [2.75, 3.05) is 0 Å². The van der Waals surface area contributed by atoms with E-state index in [9.17, 15) is 0 Å². The van der Waals surface area contributed by atoms with Gasteiger partial charge in [-0.2, -0.15) is 0 Å². The number of thiophene rings is 1. The van der Waals surface area contributed by atoms with Gasteiger partial charge in [0, 0.05) is 22.7 Å². The fourth-order valence-corrected chi connectivity index (χ4v) is 4.19. The van der Waals surface area contributed by atoms with Gasteiger partial charge < -0.3 is 10.7 Å². The fraction of sp³-hybridized carbons (Fsp3) is 0.400. The van der Waals surface area contributed by atoms with Crippen molar-refractivity contribution in [1.29, 1.82) is 0 Å². The Hall–Kier alpha value is -2.33. The van der Waals surface area contributed by atoms with Gasteiger partial charge >= 0.3 is 0 Å². The zero-order chi connectivity index (χ0) is 21.2. The van der Waals surface area contributed by atoms with Crippen LogP contribution in [0.5, 0.6) is 0 Å². The lowest BCUT2D eigenvalue weighted by Gasteiger charge is -2.20. The molecular weight excluding hydrogens is 374 g/mol. The SMILES string of the molecule is CC.CC.CCC1CC=C(c2c[nH]c3ccc(N=C(N)c4cccs4)cc23)CC1. The number of nitrogens with one attached hydrogen (secondary N) is 1. The van der Waals surface area contributed by atoms with Crippen LogP contribution >= 0.6 is 11.3 Å². The van der Waals surface area contributed by atoms with E-state index < -0.39 is 0 Å². The van der Waals surface area contributed by atoms with Crippen molar-refractivity contribution < 1.29 is 0 Å². The normalized spacial score (nSPS) is 16.4. The van der Waals surface area contributed by atoms with Gasteiger partial charge in [-0.3, -0.25) is 0 Å². The number of nitrogens with two attached hydrogens (primary N) is 1. The molecule has 1 unspecified atom stereocenters. The maximum Gasteiger partial charge on any atom is 0.141 e. The summed E-state index contributed by atoms with van der Waals surface area (Å²) in [6.07, 6.45) is 9.49. The third-order valence-corrected chi connectivity index (χ3v) is 6.02. The number of aromatic amines is 1. The highest BCUT2D eigenvalue weighted by Crippen LogP contribution is 2.36. The minimum atomic E-state index is 0.578. The molecule has 1 aromatic carbocycles. The maximum atomic E-state index is 6.14. The first kappa shape index (κ1) is 23.0. The zero-order valence-electron chi connectivity index (χ0n) is 18.5. The highest BCUT2D eigenvalue weighted by atomic mass is 32.1. The molecule has 1 aliphatic rings. The van der Waals surface area contributed by atoms with Gasteiger partial charge in [0.1, 0.15) is 5.84 Å². The molecule has 4 heteroatoms. The molecule has 0 saturated heterocycles. The highest BCUT2D eigenvalue weighted by molar-refractivity contribution is 7.12. The Morgan fingerprint density at radius 3 is 2.62 bits per heavy atom. The summed E-state index contributed by atoms with van der Waals surface area (Å²) in [6, 6.07) is 10.3. The fourth-order valence-electron chi connectivity index (χ4n) is 3.57. The van der Waals surface area contributed by atoms with Crippen LogP contribution in [0.2, 0.25) is 0 Å². The quantitative estimate of drug-likeness (QED) is 0.334. The molecule has 29 heavy (non-hydrogen) atoms. The Kier molecular flexibility index (Phi) is 9.20. The first-order chi connectivity index (χ1) is 14.2. The number of fused-ring (bicyclic) bond motifs is 1. The summed E-state index contributed by atoms with van der Waals surface area (Å²) in [7, 11) is 0. The third kappa shape index (κ3) is 5.60. The summed E-state index contributed by atoms with van der Waals surface area (Å²) in [5.41, 5.74) is 11.0. The number of H-pyrrole nitrogens is 1. The van der Waals surface area contributed by atoms with E-state index in [-0.39, 0.29) is 0 Å². The molecule has 0 fully saturated rings. The number of nitrogens with zero attached hydrogens (tertiary/aromatic N) is 1. The third-order valence-electron chi connectivity index (χ3n) is 5.13. The van der Waals surface area contributed by atoms with Gasteiger partial charge in [-0.25, -0.2) is 4.99 Å². The molecule has 0 bridgehead atoms. The standard InChI is InChI=1S/C21H23N3S.2C2H6/c1-2-14-5-7-15(8-6-14)18-13-23-19-10-9-16(12-17(18)19)24-21(22)20-4-3-11-25-20;2*1-2/h3-4,7,9-14,23H,2,5-6,8H2,1H3,(H2,22,24);2*1-2H3. The number of aliphatic imine (C=N–C) groups is 1. The van der Waals surface area contributed by atoms with Crippen LogP contribution in [0.15, 0.2) is 53.0 Å². The van der Waals surface area contributed by atoms with Crippen LogP contribution < -0.4 is 5.73 Å². The molecule has 2 aromatic heterocycles. The monoisotopic (exact) mass is 409 g/mol. The molecule has 0 spiro atoms. The van der Waals surface area contributed by atoms with E-state index >= 15 is 0 Å². The number of hydrogen-bond acceptors (Lipinski definition) is 2. The van der Waals surface area contributed by atoms with Crippen LogP contribution in [-0.2, 0) is 0 Å². The minimum absolute atomic E-state index is 0.578. The summed E-state index contributed by atoms with van der Waals surface area (Å²) < 4.78 is 0. The molecule has 3 N–H and O–H groups in total. The molecule has 3 nitrogen and oxygen atoms in total. The lowest BCUT2D eigenvalue weighted by Crippen LogP contribution is -2.10. The molecule has 0 amide bonds. The average Bonchev–Trinajstić information content (AvgIpc) is 3.47. The topological polar surface area (TPSA) is 54.2 Å². The smallest absolute Gasteiger partial charge is 0.141 e. The first-order valence-electron chi connectivity index (χ1n) is 10.9. The number of rotatable bonds is 4. The number of amidine groups is 1. The van der Waals surface area contributed by atoms with Crippen LogP contribution in [0.25, 0.3) is 16.5 Å². The first-order valence-corrected chi connectivity index (χ1v) is 11.8. The van der Waals surface area contributed by atoms with Gasteiger partial charge in [-0.05, 0) is 60.4 Å². The second kappa shape index (κ2) is 11.6. The summed E-state index contributed by atoms with van der Waals surface area (Å²) in [6.45, 7) is 10.3. The molecule has 0 aliphatic heterocycles. The number of allylic oxidation sites excluding steroid dienone is 2. The average molecular weight is 410 g/mol. The van der Waals surface area contributed by atoms with Gasteiger partial charge in [0.05, 0.1) is 10.6 Å². The van der Waals surface area contributed by atoms with Gasteiger partial charge in [-0.1, -0.05) is 53.2 Å². The largest absolute Gasteiger partial charge is 0.383 e. The van der Waals surface area contributed by atoms with Gasteiger partial charge in [0.15, 0.2) is 0 Å². The van der Waals surface area contributed by atoms with Crippen molar-refractivity contribution in [3.05, 3.63) is 58.4 Å². The van der Waals surface area contributed by atoms with E-state index in [0.29, 0.717) is 5.84 Å². The summed E-state index contributed by atoms with van der Waals surface area (Å²) in [5.74, 6) is 1.42. The van der Waals surface area contributed by atoms with Crippen LogP contribution in [0, 0.1) is 5.92 Å². The predicted octanol–water partition coefficient (Wildman–Crippen LogP) is 7.91. The number of benzene rings is 1. The van der Waals surface area contributed by atoms with Crippen LogP contribution in [-0.4, -0.2) is 10.8 Å². The Balaban J connectivity index is 0.000000707. The van der Waals surface area contributed by atoms with E-state index in [0.717, 1.165) is 28.4 Å². The van der Waals surface area contributed by atoms with Crippen molar-refractivity contribution in [3.8, 4) is 0 Å². The summed E-state index contributed by atoms with van der Waals surface area (Å²) in [5, 5.41) is 3.26. The van der Waals surface area contributed by atoms with Gasteiger partial charge in [0.25, 0.3) is 0 Å². The van der Waals surface area contributed by atoms with Crippen molar-refractivity contribution in [2.24, 2.45) is 16.6 Å². The molecule has 1 atom stereocenters. The van der Waals surface area contributed by atoms with Crippen LogP contribution in [0.4, 0.5) is 5.69 Å². The van der Waals surface area contributed by atoms with E-state index in [1.54, 1.807) is 11.3 Å². The van der Waals surface area contributed by atoms with Gasteiger partial charge in [-0.15, -0.1) is 11.3 Å². The van der Waals surface area contributed by atoms with Crippen molar-refractivity contribution in [1.82, 2.24) is 4.98 Å². The molecule has 2 heterocycles. The van der Waals surface area contributed by atoms with Crippen LogP contribution in [0.3, 0.4) is 0 Å². The lowest BCUT2D eigenvalue weighted by atomic mass is 9.85. The Morgan fingerprint density at radius 1 is 1.21 bits per heavy atom. The molecule has 0 radical (unpaired) electrons. The van der Waals surface area contributed by atoms with Crippen molar-refractivity contribution in [2.45, 2.75) is 60.3 Å². The Labute approximate surface area is 179 Å². The van der Waals surface area contributed by atoms with Crippen LogP contribution in [0.1, 0.15) is 70.7 Å². The zero-order valence-corrected chi connectivity index (χ0v) is 19.3. The number of hydrogen-bond donors (Lipinski definition) is 2. The van der Waals surface area contributed by atoms with Gasteiger partial charge in [0.2, 0.25) is 0 Å². The highest BCUT2D eigenvalue weighted by Gasteiger charge is 2.16. The summed E-state index contributed by atoms with van der Waals surface area (Å²) >= 11 is 1.61. The number of aromatic nitrogens is 1. The predicted molar refractivity (Wildman–Crippen MR) is 131 cm³/mol. The van der Waals surface area contributed by atoms with E-state index in [1.807, 2.05) is 51.3 Å². The molecule has 4 rings (SSSR count).